The van der Waals surface area contributed by atoms with Crippen LogP contribution < -0.4 is 15.1 Å². The van der Waals surface area contributed by atoms with Crippen molar-refractivity contribution in [2.75, 3.05) is 14.2 Å². The summed E-state index contributed by atoms with van der Waals surface area (Å²) in [5.74, 6) is 1.38. The molecule has 0 radical (unpaired) electrons. The van der Waals surface area contributed by atoms with Gasteiger partial charge in [-0.2, -0.15) is 0 Å². The first-order valence-electron chi connectivity index (χ1n) is 9.67. The minimum atomic E-state index is -0.683. The first-order chi connectivity index (χ1) is 15.1. The number of carbonyl (C=O) groups excluding carboxylic acids is 1. The third kappa shape index (κ3) is 4.12. The monoisotopic (exact) mass is 412 g/mol. The molecule has 0 fully saturated rings. The zero-order chi connectivity index (χ0) is 21.8. The van der Waals surface area contributed by atoms with Gasteiger partial charge in [-0.25, -0.2) is 4.79 Å². The van der Waals surface area contributed by atoms with Crippen molar-refractivity contribution in [3.63, 3.8) is 0 Å². The fourth-order valence-corrected chi connectivity index (χ4v) is 3.32. The van der Waals surface area contributed by atoms with E-state index in [0.29, 0.717) is 33.9 Å². The van der Waals surface area contributed by atoms with Crippen LogP contribution in [0.2, 0.25) is 0 Å². The molecule has 0 spiro atoms. The van der Waals surface area contributed by atoms with Crippen LogP contribution in [-0.2, 0) is 0 Å². The van der Waals surface area contributed by atoms with Crippen molar-refractivity contribution in [2.45, 2.75) is 0 Å². The molecule has 3 aromatic carbocycles. The molecule has 5 nitrogen and oxygen atoms in total. The zero-order valence-corrected chi connectivity index (χ0v) is 17.1. The Hall–Kier alpha value is -4.12. The van der Waals surface area contributed by atoms with Gasteiger partial charge in [-0.1, -0.05) is 42.5 Å². The van der Waals surface area contributed by atoms with Crippen molar-refractivity contribution in [3.05, 3.63) is 106 Å². The Bertz CT molecular complexity index is 1250. The Morgan fingerprint density at radius 2 is 1.29 bits per heavy atom. The molecule has 0 aliphatic heterocycles. The summed E-state index contributed by atoms with van der Waals surface area (Å²) in [6.45, 7) is 0. The molecule has 0 saturated heterocycles. The van der Waals surface area contributed by atoms with E-state index in [4.69, 9.17) is 13.9 Å². The van der Waals surface area contributed by atoms with Crippen molar-refractivity contribution in [1.82, 2.24) is 0 Å². The molecule has 0 amide bonds. The predicted octanol–water partition coefficient (Wildman–Crippen LogP) is 5.22. The van der Waals surface area contributed by atoms with Gasteiger partial charge < -0.3 is 13.9 Å². The van der Waals surface area contributed by atoms with E-state index in [1.165, 1.54) is 0 Å². The van der Waals surface area contributed by atoms with Gasteiger partial charge in [0.25, 0.3) is 0 Å². The zero-order valence-electron chi connectivity index (χ0n) is 17.1. The smallest absolute Gasteiger partial charge is 0.347 e. The molecule has 4 rings (SSSR count). The van der Waals surface area contributed by atoms with Gasteiger partial charge >= 0.3 is 5.63 Å². The Morgan fingerprint density at radius 3 is 1.84 bits per heavy atom. The molecule has 0 saturated carbocycles. The molecule has 0 bridgehead atoms. The molecular formula is C26H20O5. The second kappa shape index (κ2) is 8.71. The maximum Gasteiger partial charge on any atom is 0.347 e. The lowest BCUT2D eigenvalue weighted by atomic mass is 9.96. The van der Waals surface area contributed by atoms with E-state index in [1.807, 2.05) is 42.5 Å². The van der Waals surface area contributed by atoms with E-state index in [2.05, 4.69) is 0 Å². The van der Waals surface area contributed by atoms with Gasteiger partial charge in [0.2, 0.25) is 0 Å². The summed E-state index contributed by atoms with van der Waals surface area (Å²) in [6.07, 6.45) is 0. The number of methoxy groups -OCH3 is 2. The predicted molar refractivity (Wildman–Crippen MR) is 119 cm³/mol. The van der Waals surface area contributed by atoms with Gasteiger partial charge in [0, 0.05) is 16.7 Å². The SMILES string of the molecule is COc1ccc(-c2cc(C(=O)c3ccccc3)c(=O)oc2-c2ccc(OC)cc2)cc1. The quantitative estimate of drug-likeness (QED) is 0.406. The maximum atomic E-state index is 13.0. The summed E-state index contributed by atoms with van der Waals surface area (Å²) in [5, 5.41) is 0. The molecule has 0 N–H and O–H groups in total. The molecule has 31 heavy (non-hydrogen) atoms. The number of benzene rings is 3. The van der Waals surface area contributed by atoms with Gasteiger partial charge in [-0.15, -0.1) is 0 Å². The number of rotatable bonds is 6. The second-order valence-corrected chi connectivity index (χ2v) is 6.84. The fourth-order valence-electron chi connectivity index (χ4n) is 3.32. The van der Waals surface area contributed by atoms with Crippen LogP contribution in [0, 0.1) is 0 Å². The number of hydrogen-bond donors (Lipinski definition) is 0. The normalized spacial score (nSPS) is 10.5. The van der Waals surface area contributed by atoms with Crippen molar-refractivity contribution in [1.29, 1.82) is 0 Å². The largest absolute Gasteiger partial charge is 0.497 e. The lowest BCUT2D eigenvalue weighted by Gasteiger charge is -2.12. The van der Waals surface area contributed by atoms with Crippen LogP contribution in [0.25, 0.3) is 22.5 Å². The highest BCUT2D eigenvalue weighted by Gasteiger charge is 2.20. The lowest BCUT2D eigenvalue weighted by Crippen LogP contribution is -2.15. The molecule has 0 unspecified atom stereocenters. The first-order valence-corrected chi connectivity index (χ1v) is 9.67. The molecule has 154 valence electrons. The van der Waals surface area contributed by atoms with E-state index < -0.39 is 5.63 Å². The van der Waals surface area contributed by atoms with Gasteiger partial charge in [0.15, 0.2) is 5.78 Å². The van der Waals surface area contributed by atoms with E-state index >= 15 is 0 Å². The van der Waals surface area contributed by atoms with Gasteiger partial charge in [-0.05, 0) is 48.0 Å². The Kier molecular flexibility index (Phi) is 5.67. The van der Waals surface area contributed by atoms with Crippen LogP contribution in [0.4, 0.5) is 0 Å². The highest BCUT2D eigenvalue weighted by Crippen LogP contribution is 2.34. The van der Waals surface area contributed by atoms with Crippen LogP contribution in [0.1, 0.15) is 15.9 Å². The van der Waals surface area contributed by atoms with Gasteiger partial charge in [0.05, 0.1) is 14.2 Å². The summed E-state index contributed by atoms with van der Waals surface area (Å²) in [4.78, 5) is 25.8. The minimum Gasteiger partial charge on any atom is -0.497 e. The highest BCUT2D eigenvalue weighted by atomic mass is 16.5. The highest BCUT2D eigenvalue weighted by molar-refractivity contribution is 6.09. The molecule has 1 heterocycles. The topological polar surface area (TPSA) is 65.7 Å². The summed E-state index contributed by atoms with van der Waals surface area (Å²) < 4.78 is 16.2. The summed E-state index contributed by atoms with van der Waals surface area (Å²) in [7, 11) is 3.18. The van der Waals surface area contributed by atoms with Crippen molar-refractivity contribution < 1.29 is 18.7 Å². The number of ketones is 1. The van der Waals surface area contributed by atoms with E-state index in [-0.39, 0.29) is 11.3 Å². The average Bonchev–Trinajstić information content (AvgIpc) is 2.84. The van der Waals surface area contributed by atoms with Gasteiger partial charge in [0.1, 0.15) is 22.8 Å². The van der Waals surface area contributed by atoms with E-state index in [0.717, 1.165) is 5.56 Å². The maximum absolute atomic E-state index is 13.0. The van der Waals surface area contributed by atoms with Crippen LogP contribution in [-0.4, -0.2) is 20.0 Å². The lowest BCUT2D eigenvalue weighted by molar-refractivity contribution is 0.103. The van der Waals surface area contributed by atoms with E-state index in [1.54, 1.807) is 56.7 Å². The van der Waals surface area contributed by atoms with Crippen LogP contribution in [0.15, 0.2) is 94.1 Å². The second-order valence-electron chi connectivity index (χ2n) is 6.84. The molecule has 0 aliphatic carbocycles. The molecule has 0 aliphatic rings. The standard InChI is InChI=1S/C26H20O5/c1-29-20-12-8-17(9-13-20)22-16-23(24(27)18-6-4-3-5-7-18)26(28)31-25(22)19-10-14-21(30-2)15-11-19/h3-16H,1-2H3. The molecule has 4 aromatic rings. The Labute approximate surface area is 179 Å². The molecule has 5 heteroatoms. The minimum absolute atomic E-state index is 0.0192. The summed E-state index contributed by atoms with van der Waals surface area (Å²) >= 11 is 0. The van der Waals surface area contributed by atoms with E-state index in [9.17, 15) is 9.59 Å². The number of carbonyl (C=O) groups is 1. The van der Waals surface area contributed by atoms with Crippen LogP contribution in [0.3, 0.4) is 0 Å². The van der Waals surface area contributed by atoms with Gasteiger partial charge in [-0.3, -0.25) is 4.79 Å². The Morgan fingerprint density at radius 1 is 0.742 bits per heavy atom. The van der Waals surface area contributed by atoms with Crippen molar-refractivity contribution in [3.8, 4) is 33.9 Å². The number of ether oxygens (including phenoxy) is 2. The Balaban J connectivity index is 1.90. The molecule has 1 aromatic heterocycles. The van der Waals surface area contributed by atoms with Crippen molar-refractivity contribution in [2.24, 2.45) is 0 Å². The van der Waals surface area contributed by atoms with Crippen LogP contribution >= 0.6 is 0 Å². The number of hydrogen-bond acceptors (Lipinski definition) is 5. The molecule has 0 atom stereocenters. The van der Waals surface area contributed by atoms with Crippen molar-refractivity contribution >= 4 is 5.78 Å². The first kappa shape index (κ1) is 20.2. The third-order valence-corrected chi connectivity index (χ3v) is 4.98. The average molecular weight is 412 g/mol. The summed E-state index contributed by atoms with van der Waals surface area (Å²) in [5.41, 5.74) is 1.84. The fraction of sp³-hybridized carbons (Fsp3) is 0.0769. The molecular weight excluding hydrogens is 392 g/mol. The third-order valence-electron chi connectivity index (χ3n) is 4.98. The van der Waals surface area contributed by atoms with Crippen LogP contribution in [0.5, 0.6) is 11.5 Å². The summed E-state index contributed by atoms with van der Waals surface area (Å²) in [6, 6.07) is 24.8.